The molecule has 7 nitrogen and oxygen atoms in total. The number of nitrogens with zero attached hydrogens (tertiary/aromatic N) is 1. The Hall–Kier alpha value is -2.57. The van der Waals surface area contributed by atoms with Crippen LogP contribution in [0.25, 0.3) is 0 Å². The summed E-state index contributed by atoms with van der Waals surface area (Å²) >= 11 is 0. The highest BCUT2D eigenvalue weighted by Crippen LogP contribution is 2.20. The summed E-state index contributed by atoms with van der Waals surface area (Å²) in [5.74, 6) is -0.617. The Morgan fingerprint density at radius 2 is 2.09 bits per heavy atom. The molecule has 0 radical (unpaired) electrons. The van der Waals surface area contributed by atoms with Crippen LogP contribution >= 0.6 is 0 Å². The average molecular weight is 306 g/mol. The molecule has 0 aromatic heterocycles. The Morgan fingerprint density at radius 1 is 1.36 bits per heavy atom. The summed E-state index contributed by atoms with van der Waals surface area (Å²) in [6, 6.07) is 4.41. The third-order valence-corrected chi connectivity index (χ3v) is 3.40. The van der Waals surface area contributed by atoms with Crippen molar-refractivity contribution < 1.29 is 23.9 Å². The summed E-state index contributed by atoms with van der Waals surface area (Å²) in [6.07, 6.45) is -1.04. The molecule has 1 unspecified atom stereocenters. The van der Waals surface area contributed by atoms with E-state index in [0.717, 1.165) is 10.5 Å². The number of ether oxygens (including phenoxy) is 2. The Morgan fingerprint density at radius 3 is 2.68 bits per heavy atom. The normalized spacial score (nSPS) is 15.2. The van der Waals surface area contributed by atoms with Crippen LogP contribution < -0.4 is 10.1 Å². The zero-order valence-corrected chi connectivity index (χ0v) is 12.7. The predicted molar refractivity (Wildman–Crippen MR) is 77.7 cm³/mol. The lowest BCUT2D eigenvalue weighted by atomic mass is 10.1. The number of hydrogen-bond acceptors (Lipinski definition) is 5. The Bertz CT molecular complexity index is 614. The third-order valence-electron chi connectivity index (χ3n) is 3.40. The van der Waals surface area contributed by atoms with E-state index in [1.807, 2.05) is 6.92 Å². The average Bonchev–Trinajstić information content (AvgIpc) is 2.92. The van der Waals surface area contributed by atoms with Crippen LogP contribution in [0.3, 0.4) is 0 Å². The molecule has 0 saturated carbocycles. The topological polar surface area (TPSA) is 84.9 Å². The number of benzene rings is 1. The molecule has 22 heavy (non-hydrogen) atoms. The van der Waals surface area contributed by atoms with Crippen molar-refractivity contribution >= 4 is 17.9 Å². The first kappa shape index (κ1) is 15.8. The van der Waals surface area contributed by atoms with Crippen molar-refractivity contribution in [3.8, 4) is 5.75 Å². The largest absolute Gasteiger partial charge is 0.496 e. The van der Waals surface area contributed by atoms with Crippen LogP contribution in [0.5, 0.6) is 5.75 Å². The third kappa shape index (κ3) is 3.19. The van der Waals surface area contributed by atoms with Gasteiger partial charge in [-0.3, -0.25) is 9.69 Å². The molecular formula is C15H18N2O5. The van der Waals surface area contributed by atoms with Crippen molar-refractivity contribution in [2.75, 3.05) is 20.2 Å². The van der Waals surface area contributed by atoms with E-state index in [9.17, 15) is 14.4 Å². The van der Waals surface area contributed by atoms with Gasteiger partial charge in [0, 0.05) is 13.1 Å². The number of methoxy groups -OCH3 is 1. The van der Waals surface area contributed by atoms with E-state index in [0.29, 0.717) is 12.3 Å². The summed E-state index contributed by atoms with van der Waals surface area (Å²) < 4.78 is 10.3. The molecule has 1 aromatic carbocycles. The van der Waals surface area contributed by atoms with Gasteiger partial charge in [-0.25, -0.2) is 9.59 Å². The lowest BCUT2D eigenvalue weighted by Crippen LogP contribution is -2.41. The number of imide groups is 1. The molecule has 1 heterocycles. The summed E-state index contributed by atoms with van der Waals surface area (Å²) in [5.41, 5.74) is 1.17. The van der Waals surface area contributed by atoms with Gasteiger partial charge in [-0.05, 0) is 31.5 Å². The van der Waals surface area contributed by atoms with Crippen molar-refractivity contribution in [3.63, 3.8) is 0 Å². The van der Waals surface area contributed by atoms with Gasteiger partial charge in [0.15, 0.2) is 6.10 Å². The molecule has 1 atom stereocenters. The standard InChI is InChI=1S/C15H18N2O5/c1-9-4-5-11(8-12(9)21-3)14(19)22-10(2)13(18)17-7-6-16-15(17)20/h4-5,8,10H,6-7H2,1-3H3,(H,16,20). The fourth-order valence-electron chi connectivity index (χ4n) is 2.13. The van der Waals surface area contributed by atoms with Gasteiger partial charge in [-0.2, -0.15) is 0 Å². The van der Waals surface area contributed by atoms with E-state index in [1.54, 1.807) is 18.2 Å². The highest BCUT2D eigenvalue weighted by Gasteiger charge is 2.31. The Balaban J connectivity index is 2.04. The van der Waals surface area contributed by atoms with E-state index in [1.165, 1.54) is 14.0 Å². The van der Waals surface area contributed by atoms with Crippen LogP contribution in [0.2, 0.25) is 0 Å². The van der Waals surface area contributed by atoms with Gasteiger partial charge >= 0.3 is 12.0 Å². The van der Waals surface area contributed by atoms with Gasteiger partial charge in [-0.15, -0.1) is 0 Å². The molecule has 1 aromatic rings. The quantitative estimate of drug-likeness (QED) is 0.842. The first-order valence-electron chi connectivity index (χ1n) is 6.89. The minimum atomic E-state index is -1.04. The van der Waals surface area contributed by atoms with E-state index >= 15 is 0 Å². The van der Waals surface area contributed by atoms with Crippen LogP contribution in [0.15, 0.2) is 18.2 Å². The number of nitrogens with one attached hydrogen (secondary N) is 1. The number of hydrogen-bond donors (Lipinski definition) is 1. The molecule has 7 heteroatoms. The van der Waals surface area contributed by atoms with E-state index < -0.39 is 24.0 Å². The number of aryl methyl sites for hydroxylation is 1. The first-order valence-corrected chi connectivity index (χ1v) is 6.89. The van der Waals surface area contributed by atoms with Crippen molar-refractivity contribution in [2.24, 2.45) is 0 Å². The van der Waals surface area contributed by atoms with Gasteiger partial charge in [0.05, 0.1) is 12.7 Å². The van der Waals surface area contributed by atoms with Gasteiger partial charge < -0.3 is 14.8 Å². The fraction of sp³-hybridized carbons (Fsp3) is 0.400. The molecule has 118 valence electrons. The summed E-state index contributed by atoms with van der Waals surface area (Å²) in [7, 11) is 1.51. The second kappa shape index (κ2) is 6.46. The van der Waals surface area contributed by atoms with Crippen molar-refractivity contribution in [1.29, 1.82) is 0 Å². The molecule has 0 spiro atoms. The maximum absolute atomic E-state index is 12.1. The molecule has 2 rings (SSSR count). The van der Waals surface area contributed by atoms with Gasteiger partial charge in [0.25, 0.3) is 5.91 Å². The van der Waals surface area contributed by atoms with E-state index in [2.05, 4.69) is 5.32 Å². The second-order valence-electron chi connectivity index (χ2n) is 4.95. The minimum Gasteiger partial charge on any atom is -0.496 e. The molecule has 1 fully saturated rings. The number of rotatable bonds is 4. The first-order chi connectivity index (χ1) is 10.4. The fourth-order valence-corrected chi connectivity index (χ4v) is 2.13. The number of urea groups is 1. The maximum Gasteiger partial charge on any atom is 0.339 e. The highest BCUT2D eigenvalue weighted by molar-refractivity contribution is 5.99. The van der Waals surface area contributed by atoms with Crippen molar-refractivity contribution in [1.82, 2.24) is 10.2 Å². The molecule has 3 amide bonds. The van der Waals surface area contributed by atoms with Crippen molar-refractivity contribution in [2.45, 2.75) is 20.0 Å². The van der Waals surface area contributed by atoms with Crippen LogP contribution in [0, 0.1) is 6.92 Å². The SMILES string of the molecule is COc1cc(C(=O)OC(C)C(=O)N2CCNC2=O)ccc1C. The molecule has 1 aliphatic heterocycles. The maximum atomic E-state index is 12.1. The molecular weight excluding hydrogens is 288 g/mol. The molecule has 1 N–H and O–H groups in total. The van der Waals surface area contributed by atoms with E-state index in [-0.39, 0.29) is 12.1 Å². The number of carbonyl (C=O) groups excluding carboxylic acids is 3. The van der Waals surface area contributed by atoms with Gasteiger partial charge in [0.2, 0.25) is 0 Å². The second-order valence-corrected chi connectivity index (χ2v) is 4.95. The monoisotopic (exact) mass is 306 g/mol. The molecule has 0 bridgehead atoms. The van der Waals surface area contributed by atoms with Gasteiger partial charge in [0.1, 0.15) is 5.75 Å². The minimum absolute atomic E-state index is 0.276. The van der Waals surface area contributed by atoms with Crippen molar-refractivity contribution in [3.05, 3.63) is 29.3 Å². The molecule has 1 saturated heterocycles. The van der Waals surface area contributed by atoms with E-state index in [4.69, 9.17) is 9.47 Å². The van der Waals surface area contributed by atoms with Crippen LogP contribution in [0.1, 0.15) is 22.8 Å². The van der Waals surface area contributed by atoms with Crippen LogP contribution in [-0.2, 0) is 9.53 Å². The summed E-state index contributed by atoms with van der Waals surface area (Å²) in [6.45, 7) is 3.97. The van der Waals surface area contributed by atoms with Gasteiger partial charge in [-0.1, -0.05) is 6.07 Å². The molecule has 1 aliphatic rings. The number of carbonyl (C=O) groups is 3. The predicted octanol–water partition coefficient (Wildman–Crippen LogP) is 1.10. The zero-order chi connectivity index (χ0) is 16.3. The summed E-state index contributed by atoms with van der Waals surface area (Å²) in [4.78, 5) is 36.6. The highest BCUT2D eigenvalue weighted by atomic mass is 16.5. The molecule has 0 aliphatic carbocycles. The number of amides is 3. The van der Waals surface area contributed by atoms with Crippen LogP contribution in [0.4, 0.5) is 4.79 Å². The lowest BCUT2D eigenvalue weighted by molar-refractivity contribution is -0.136. The Labute approximate surface area is 128 Å². The summed E-state index contributed by atoms with van der Waals surface area (Å²) in [5, 5.41) is 2.52. The Kier molecular flexibility index (Phi) is 4.65. The smallest absolute Gasteiger partial charge is 0.339 e. The lowest BCUT2D eigenvalue weighted by Gasteiger charge is -2.18. The van der Waals surface area contributed by atoms with Crippen LogP contribution in [-0.4, -0.2) is 49.1 Å². The zero-order valence-electron chi connectivity index (χ0n) is 12.7. The number of esters is 1.